The van der Waals surface area contributed by atoms with Gasteiger partial charge >= 0.3 is 12.0 Å². The summed E-state index contributed by atoms with van der Waals surface area (Å²) >= 11 is 3.24. The monoisotopic (exact) mass is 410 g/mol. The summed E-state index contributed by atoms with van der Waals surface area (Å²) in [6.07, 6.45) is 3.48. The van der Waals surface area contributed by atoms with Crippen molar-refractivity contribution in [3.63, 3.8) is 0 Å². The number of nitrogens with one attached hydrogen (secondary N) is 2. The minimum absolute atomic E-state index is 0.0653. The zero-order valence-electron chi connectivity index (χ0n) is 14.1. The molecule has 2 rings (SSSR count). The third-order valence-corrected chi connectivity index (χ3v) is 4.24. The van der Waals surface area contributed by atoms with Crippen molar-refractivity contribution in [3.8, 4) is 11.5 Å². The Kier molecular flexibility index (Phi) is 6.08. The molecule has 25 heavy (non-hydrogen) atoms. The van der Waals surface area contributed by atoms with Crippen LogP contribution >= 0.6 is 15.9 Å². The number of rotatable bonds is 5. The molecule has 1 unspecified atom stereocenters. The van der Waals surface area contributed by atoms with Crippen LogP contribution in [0.4, 0.5) is 4.79 Å². The van der Waals surface area contributed by atoms with Gasteiger partial charge in [-0.05, 0) is 47.5 Å². The molecule has 0 aliphatic carbocycles. The minimum atomic E-state index is -0.738. The molecular formula is C17H19BrN2O5. The Morgan fingerprint density at radius 1 is 1.44 bits per heavy atom. The van der Waals surface area contributed by atoms with Gasteiger partial charge in [-0.25, -0.2) is 9.59 Å². The maximum atomic E-state index is 12.5. The Labute approximate surface area is 153 Å². The van der Waals surface area contributed by atoms with Crippen LogP contribution in [-0.2, 0) is 9.53 Å². The Balaban J connectivity index is 2.45. The molecule has 2 amide bonds. The number of ether oxygens (including phenoxy) is 2. The lowest BCUT2D eigenvalue weighted by Crippen LogP contribution is -2.45. The number of carbonyl (C=O) groups excluding carboxylic acids is 2. The molecule has 1 atom stereocenters. The first-order valence-corrected chi connectivity index (χ1v) is 8.31. The van der Waals surface area contributed by atoms with Crippen LogP contribution in [0, 0.1) is 0 Å². The second-order valence-electron chi connectivity index (χ2n) is 5.29. The highest BCUT2D eigenvalue weighted by Crippen LogP contribution is 2.39. The molecule has 3 N–H and O–H groups in total. The summed E-state index contributed by atoms with van der Waals surface area (Å²) in [5.74, 6) is -0.392. The summed E-state index contributed by atoms with van der Waals surface area (Å²) in [5.41, 5.74) is 1.25. The summed E-state index contributed by atoms with van der Waals surface area (Å²) < 4.78 is 10.7. The van der Waals surface area contributed by atoms with Crippen LogP contribution in [0.5, 0.6) is 11.5 Å². The molecule has 0 saturated heterocycles. The van der Waals surface area contributed by atoms with Crippen molar-refractivity contribution in [3.05, 3.63) is 45.6 Å². The van der Waals surface area contributed by atoms with Gasteiger partial charge in [0.1, 0.15) is 6.61 Å². The fourth-order valence-electron chi connectivity index (χ4n) is 2.43. The fourth-order valence-corrected chi connectivity index (χ4v) is 2.89. The highest BCUT2D eigenvalue weighted by Gasteiger charge is 2.33. The summed E-state index contributed by atoms with van der Waals surface area (Å²) in [7, 11) is 1.42. The molecule has 0 fully saturated rings. The van der Waals surface area contributed by atoms with Crippen LogP contribution in [0.3, 0.4) is 0 Å². The lowest BCUT2D eigenvalue weighted by molar-refractivity contribution is -0.138. The van der Waals surface area contributed by atoms with Crippen LogP contribution in [0.1, 0.15) is 25.5 Å². The van der Waals surface area contributed by atoms with Crippen molar-refractivity contribution in [2.45, 2.75) is 19.9 Å². The van der Waals surface area contributed by atoms with Gasteiger partial charge in [-0.2, -0.15) is 0 Å². The summed E-state index contributed by atoms with van der Waals surface area (Å²) in [4.78, 5) is 24.4. The summed E-state index contributed by atoms with van der Waals surface area (Å²) in [6, 6.07) is 2.00. The van der Waals surface area contributed by atoms with Gasteiger partial charge in [0.15, 0.2) is 11.5 Å². The second-order valence-corrected chi connectivity index (χ2v) is 6.15. The van der Waals surface area contributed by atoms with Crippen LogP contribution in [-0.4, -0.2) is 30.8 Å². The van der Waals surface area contributed by atoms with E-state index in [1.807, 2.05) is 6.92 Å². The Morgan fingerprint density at radius 3 is 2.80 bits per heavy atom. The average Bonchev–Trinajstić information content (AvgIpc) is 2.56. The molecular weight excluding hydrogens is 392 g/mol. The van der Waals surface area contributed by atoms with Crippen LogP contribution in [0.15, 0.2) is 40.0 Å². The van der Waals surface area contributed by atoms with Crippen molar-refractivity contribution in [1.82, 2.24) is 10.6 Å². The van der Waals surface area contributed by atoms with Crippen molar-refractivity contribution < 1.29 is 24.2 Å². The standard InChI is InChI=1S/C17H19BrN2O5/c1-4-5-6-25-16(22)13-9(2)19-17(23)20-14(13)10-7-11(18)15(21)12(8-10)24-3/h4-5,7-8,14,21H,6H2,1-3H3,(H2,19,20,23)/b5-4+. The van der Waals surface area contributed by atoms with Crippen LogP contribution in [0.2, 0.25) is 0 Å². The van der Waals surface area contributed by atoms with Crippen LogP contribution in [0.25, 0.3) is 0 Å². The highest BCUT2D eigenvalue weighted by atomic mass is 79.9. The molecule has 1 aromatic carbocycles. The molecule has 0 aromatic heterocycles. The molecule has 0 radical (unpaired) electrons. The first kappa shape index (κ1) is 18.9. The molecule has 7 nitrogen and oxygen atoms in total. The van der Waals surface area contributed by atoms with Gasteiger partial charge in [-0.1, -0.05) is 12.2 Å². The number of hydrogen-bond acceptors (Lipinski definition) is 5. The number of phenolic OH excluding ortho intramolecular Hbond substituents is 1. The smallest absolute Gasteiger partial charge is 0.338 e. The molecule has 134 valence electrons. The molecule has 0 bridgehead atoms. The van der Waals surface area contributed by atoms with E-state index in [1.54, 1.807) is 31.2 Å². The number of aromatic hydroxyl groups is 1. The number of benzene rings is 1. The third kappa shape index (κ3) is 4.14. The van der Waals surface area contributed by atoms with Crippen molar-refractivity contribution >= 4 is 27.9 Å². The second kappa shape index (κ2) is 8.06. The van der Waals surface area contributed by atoms with E-state index < -0.39 is 18.0 Å². The van der Waals surface area contributed by atoms with Crippen molar-refractivity contribution in [1.29, 1.82) is 0 Å². The first-order valence-electron chi connectivity index (χ1n) is 7.52. The Morgan fingerprint density at radius 2 is 2.16 bits per heavy atom. The summed E-state index contributed by atoms with van der Waals surface area (Å²) in [6.45, 7) is 3.59. The van der Waals surface area contributed by atoms with E-state index in [1.165, 1.54) is 7.11 Å². The lowest BCUT2D eigenvalue weighted by atomic mass is 9.95. The molecule has 0 saturated carbocycles. The Bertz CT molecular complexity index is 758. The number of amides is 2. The maximum Gasteiger partial charge on any atom is 0.338 e. The molecule has 1 aliphatic rings. The summed E-state index contributed by atoms with van der Waals surface area (Å²) in [5, 5.41) is 15.2. The minimum Gasteiger partial charge on any atom is -0.503 e. The number of methoxy groups -OCH3 is 1. The zero-order valence-corrected chi connectivity index (χ0v) is 15.6. The maximum absolute atomic E-state index is 12.5. The van der Waals surface area contributed by atoms with Gasteiger partial charge < -0.3 is 25.2 Å². The molecule has 1 aliphatic heterocycles. The third-order valence-electron chi connectivity index (χ3n) is 3.64. The number of allylic oxidation sites excluding steroid dienone is 2. The first-order chi connectivity index (χ1) is 11.9. The van der Waals surface area contributed by atoms with E-state index in [0.717, 1.165) is 0 Å². The van der Waals surface area contributed by atoms with E-state index in [0.29, 0.717) is 15.7 Å². The number of phenols is 1. The SMILES string of the molecule is C/C=C/COC(=O)C1=C(C)NC(=O)NC1c1cc(Br)c(O)c(OC)c1. The van der Waals surface area contributed by atoms with Crippen LogP contribution < -0.4 is 15.4 Å². The largest absolute Gasteiger partial charge is 0.503 e. The number of halogens is 1. The molecule has 0 spiro atoms. The number of urea groups is 1. The molecule has 1 aromatic rings. The number of carbonyl (C=O) groups is 2. The van der Waals surface area contributed by atoms with Gasteiger partial charge in [-0.3, -0.25) is 0 Å². The van der Waals surface area contributed by atoms with Crippen molar-refractivity contribution in [2.24, 2.45) is 0 Å². The highest BCUT2D eigenvalue weighted by molar-refractivity contribution is 9.10. The molecule has 8 heteroatoms. The van der Waals surface area contributed by atoms with Gasteiger partial charge in [-0.15, -0.1) is 0 Å². The zero-order chi connectivity index (χ0) is 18.6. The van der Waals surface area contributed by atoms with E-state index in [-0.39, 0.29) is 23.7 Å². The van der Waals surface area contributed by atoms with Gasteiger partial charge in [0.25, 0.3) is 0 Å². The topological polar surface area (TPSA) is 96.9 Å². The van der Waals surface area contributed by atoms with Crippen molar-refractivity contribution in [2.75, 3.05) is 13.7 Å². The van der Waals surface area contributed by atoms with E-state index in [4.69, 9.17) is 9.47 Å². The van der Waals surface area contributed by atoms with Gasteiger partial charge in [0, 0.05) is 5.70 Å². The Hall–Kier alpha value is -2.48. The van der Waals surface area contributed by atoms with E-state index in [9.17, 15) is 14.7 Å². The van der Waals surface area contributed by atoms with E-state index >= 15 is 0 Å². The fraction of sp³-hybridized carbons (Fsp3) is 0.294. The lowest BCUT2D eigenvalue weighted by Gasteiger charge is -2.28. The van der Waals surface area contributed by atoms with E-state index in [2.05, 4.69) is 26.6 Å². The average molecular weight is 411 g/mol. The van der Waals surface area contributed by atoms with Gasteiger partial charge in [0.05, 0.1) is 23.2 Å². The van der Waals surface area contributed by atoms with Gasteiger partial charge in [0.2, 0.25) is 0 Å². The predicted octanol–water partition coefficient (Wildman–Crippen LogP) is 2.91. The number of hydrogen-bond donors (Lipinski definition) is 3. The normalized spacial score (nSPS) is 17.3. The quantitative estimate of drug-likeness (QED) is 0.512. The molecule has 1 heterocycles. The predicted molar refractivity (Wildman–Crippen MR) is 95.2 cm³/mol. The number of esters is 1.